The molecule has 0 radical (unpaired) electrons. The molecule has 25 heavy (non-hydrogen) atoms. The van der Waals surface area contributed by atoms with Gasteiger partial charge in [-0.25, -0.2) is 4.79 Å². The molecule has 1 amide bonds. The molecule has 0 spiro atoms. The Morgan fingerprint density at radius 2 is 2.04 bits per heavy atom. The summed E-state index contributed by atoms with van der Waals surface area (Å²) in [4.78, 5) is 33.5. The number of methoxy groups -OCH3 is 1. The van der Waals surface area contributed by atoms with Crippen LogP contribution in [0.25, 0.3) is 0 Å². The van der Waals surface area contributed by atoms with E-state index in [4.69, 9.17) is 9.47 Å². The molecule has 0 heterocycles. The fourth-order valence-corrected chi connectivity index (χ4v) is 1.84. The second-order valence-corrected chi connectivity index (χ2v) is 5.34. The first-order chi connectivity index (χ1) is 11.8. The zero-order valence-electron chi connectivity index (χ0n) is 14.4. The van der Waals surface area contributed by atoms with E-state index in [1.807, 2.05) is 13.8 Å². The lowest BCUT2D eigenvalue weighted by Crippen LogP contribution is -2.30. The number of hydrogen-bond acceptors (Lipinski definition) is 7. The first-order valence-electron chi connectivity index (χ1n) is 7.73. The molecule has 0 bridgehead atoms. The van der Waals surface area contributed by atoms with E-state index >= 15 is 0 Å². The van der Waals surface area contributed by atoms with Crippen molar-refractivity contribution in [2.45, 2.75) is 26.4 Å². The molecular formula is C16H22N2O7. The van der Waals surface area contributed by atoms with Gasteiger partial charge < -0.3 is 19.5 Å². The topological polar surface area (TPSA) is 117 Å². The second kappa shape index (κ2) is 10.2. The van der Waals surface area contributed by atoms with Crippen molar-refractivity contribution in [2.75, 3.05) is 26.9 Å². The minimum Gasteiger partial charge on any atom is -0.477 e. The molecule has 0 saturated heterocycles. The summed E-state index contributed by atoms with van der Waals surface area (Å²) in [5.41, 5.74) is -0.391. The Morgan fingerprint density at radius 1 is 1.32 bits per heavy atom. The molecule has 138 valence electrons. The highest BCUT2D eigenvalue weighted by Gasteiger charge is 2.19. The first-order valence-corrected chi connectivity index (χ1v) is 7.73. The number of carbonyl (C=O) groups is 2. The van der Waals surface area contributed by atoms with Crippen LogP contribution in [0.2, 0.25) is 0 Å². The zero-order chi connectivity index (χ0) is 18.8. The second-order valence-electron chi connectivity index (χ2n) is 5.34. The van der Waals surface area contributed by atoms with E-state index in [0.29, 0.717) is 19.6 Å². The number of rotatable bonds is 10. The van der Waals surface area contributed by atoms with Crippen molar-refractivity contribution in [3.8, 4) is 5.75 Å². The van der Waals surface area contributed by atoms with Crippen LogP contribution in [0.4, 0.5) is 5.69 Å². The maximum atomic E-state index is 11.7. The van der Waals surface area contributed by atoms with Gasteiger partial charge in [0, 0.05) is 19.2 Å². The summed E-state index contributed by atoms with van der Waals surface area (Å²) in [6.45, 7) is 4.41. The third-order valence-electron chi connectivity index (χ3n) is 3.03. The Labute approximate surface area is 145 Å². The number of nitro benzene ring substituents is 1. The summed E-state index contributed by atoms with van der Waals surface area (Å²) in [5, 5.41) is 13.7. The maximum absolute atomic E-state index is 11.7. The van der Waals surface area contributed by atoms with Crippen molar-refractivity contribution >= 4 is 17.6 Å². The van der Waals surface area contributed by atoms with Crippen molar-refractivity contribution in [1.29, 1.82) is 0 Å². The van der Waals surface area contributed by atoms with Crippen molar-refractivity contribution in [3.05, 3.63) is 33.9 Å². The number of nitrogens with one attached hydrogen (secondary N) is 1. The number of hydrogen-bond donors (Lipinski definition) is 1. The molecule has 1 N–H and O–H groups in total. The molecule has 0 unspecified atom stereocenters. The standard InChI is InChI=1S/C16H22N2O7/c1-11(2)24-8-4-7-17-15(19)10-25-14-6-5-12(16(20)23-3)9-13(14)18(21)22/h5-6,9,11H,4,7-8,10H2,1-3H3,(H,17,19). The smallest absolute Gasteiger partial charge is 0.338 e. The van der Waals surface area contributed by atoms with Gasteiger partial charge in [-0.1, -0.05) is 0 Å². The quantitative estimate of drug-likeness (QED) is 0.294. The number of nitro groups is 1. The Bertz CT molecular complexity index is 617. The number of ether oxygens (including phenoxy) is 3. The van der Waals surface area contributed by atoms with E-state index in [1.54, 1.807) is 0 Å². The summed E-state index contributed by atoms with van der Waals surface area (Å²) in [7, 11) is 1.18. The SMILES string of the molecule is COC(=O)c1ccc(OCC(=O)NCCCOC(C)C)c([N+](=O)[O-])c1. The summed E-state index contributed by atoms with van der Waals surface area (Å²) in [6, 6.07) is 3.63. The minimum absolute atomic E-state index is 0.0242. The van der Waals surface area contributed by atoms with Gasteiger partial charge in [0.1, 0.15) is 0 Å². The number of carbonyl (C=O) groups excluding carboxylic acids is 2. The van der Waals surface area contributed by atoms with Gasteiger partial charge >= 0.3 is 11.7 Å². The predicted octanol–water partition coefficient (Wildman–Crippen LogP) is 1.69. The third-order valence-corrected chi connectivity index (χ3v) is 3.03. The molecular weight excluding hydrogens is 332 g/mol. The van der Waals surface area contributed by atoms with E-state index in [2.05, 4.69) is 10.1 Å². The van der Waals surface area contributed by atoms with Gasteiger partial charge in [0.05, 0.1) is 23.7 Å². The number of esters is 1. The molecule has 0 atom stereocenters. The van der Waals surface area contributed by atoms with Crippen LogP contribution >= 0.6 is 0 Å². The van der Waals surface area contributed by atoms with Gasteiger partial charge in [-0.15, -0.1) is 0 Å². The van der Waals surface area contributed by atoms with E-state index in [-0.39, 0.29) is 24.0 Å². The fraction of sp³-hybridized carbons (Fsp3) is 0.500. The molecule has 1 aromatic carbocycles. The average molecular weight is 354 g/mol. The van der Waals surface area contributed by atoms with Crippen molar-refractivity contribution in [2.24, 2.45) is 0 Å². The van der Waals surface area contributed by atoms with Crippen LogP contribution in [-0.2, 0) is 14.3 Å². The molecule has 0 saturated carbocycles. The van der Waals surface area contributed by atoms with Crippen molar-refractivity contribution in [1.82, 2.24) is 5.32 Å². The van der Waals surface area contributed by atoms with Crippen LogP contribution in [0.1, 0.15) is 30.6 Å². The van der Waals surface area contributed by atoms with E-state index in [1.165, 1.54) is 19.2 Å². The fourth-order valence-electron chi connectivity index (χ4n) is 1.84. The molecule has 0 aromatic heterocycles. The highest BCUT2D eigenvalue weighted by molar-refractivity contribution is 5.90. The highest BCUT2D eigenvalue weighted by atomic mass is 16.6. The largest absolute Gasteiger partial charge is 0.477 e. The normalized spacial score (nSPS) is 10.4. The lowest BCUT2D eigenvalue weighted by atomic mass is 10.2. The number of amides is 1. The first kappa shape index (κ1) is 20.4. The van der Waals surface area contributed by atoms with Crippen LogP contribution in [0.5, 0.6) is 5.75 Å². The summed E-state index contributed by atoms with van der Waals surface area (Å²) in [6.07, 6.45) is 0.783. The Kier molecular flexibility index (Phi) is 8.34. The molecule has 0 aliphatic carbocycles. The molecule has 9 heteroatoms. The van der Waals surface area contributed by atoms with E-state index < -0.39 is 22.5 Å². The number of nitrogens with zero attached hydrogens (tertiary/aromatic N) is 1. The van der Waals surface area contributed by atoms with Crippen LogP contribution in [0.3, 0.4) is 0 Å². The van der Waals surface area contributed by atoms with E-state index in [0.717, 1.165) is 6.07 Å². The molecule has 0 aliphatic rings. The molecule has 9 nitrogen and oxygen atoms in total. The van der Waals surface area contributed by atoms with Gasteiger partial charge in [0.25, 0.3) is 5.91 Å². The molecule has 1 aromatic rings. The van der Waals surface area contributed by atoms with Gasteiger partial charge in [-0.3, -0.25) is 14.9 Å². The van der Waals surface area contributed by atoms with E-state index in [9.17, 15) is 19.7 Å². The van der Waals surface area contributed by atoms with Gasteiger partial charge in [0.2, 0.25) is 0 Å². The summed E-state index contributed by atoms with van der Waals surface area (Å²) in [5.74, 6) is -1.21. The van der Waals surface area contributed by atoms with Crippen LogP contribution in [0.15, 0.2) is 18.2 Å². The van der Waals surface area contributed by atoms with Gasteiger partial charge in [0.15, 0.2) is 12.4 Å². The molecule has 0 fully saturated rings. The lowest BCUT2D eigenvalue weighted by molar-refractivity contribution is -0.385. The van der Waals surface area contributed by atoms with Crippen LogP contribution in [-0.4, -0.2) is 49.8 Å². The summed E-state index contributed by atoms with van der Waals surface area (Å²) < 4.78 is 15.0. The summed E-state index contributed by atoms with van der Waals surface area (Å²) >= 11 is 0. The Balaban J connectivity index is 2.54. The van der Waals surface area contributed by atoms with Crippen molar-refractivity contribution in [3.63, 3.8) is 0 Å². The maximum Gasteiger partial charge on any atom is 0.338 e. The minimum atomic E-state index is -0.698. The number of benzene rings is 1. The van der Waals surface area contributed by atoms with Gasteiger partial charge in [-0.05, 0) is 32.4 Å². The lowest BCUT2D eigenvalue weighted by Gasteiger charge is -2.10. The predicted molar refractivity (Wildman–Crippen MR) is 88.6 cm³/mol. The third kappa shape index (κ3) is 7.17. The van der Waals surface area contributed by atoms with Crippen LogP contribution < -0.4 is 10.1 Å². The monoisotopic (exact) mass is 354 g/mol. The zero-order valence-corrected chi connectivity index (χ0v) is 14.4. The molecule has 1 rings (SSSR count). The van der Waals surface area contributed by atoms with Crippen LogP contribution in [0, 0.1) is 10.1 Å². The average Bonchev–Trinajstić information content (AvgIpc) is 2.58. The van der Waals surface area contributed by atoms with Gasteiger partial charge in [-0.2, -0.15) is 0 Å². The Morgan fingerprint density at radius 3 is 2.64 bits per heavy atom. The Hall–Kier alpha value is -2.68. The highest BCUT2D eigenvalue weighted by Crippen LogP contribution is 2.28. The van der Waals surface area contributed by atoms with Crippen molar-refractivity contribution < 1.29 is 28.7 Å². The molecule has 0 aliphatic heterocycles.